The van der Waals surface area contributed by atoms with E-state index in [-0.39, 0.29) is 0 Å². The number of aromatic nitrogens is 2. The number of rotatable bonds is 5. The molecule has 0 atom stereocenters. The summed E-state index contributed by atoms with van der Waals surface area (Å²) in [5, 5.41) is 7.53. The van der Waals surface area contributed by atoms with Gasteiger partial charge in [0.25, 0.3) is 0 Å². The molecule has 0 aliphatic carbocycles. The van der Waals surface area contributed by atoms with E-state index in [1.54, 1.807) is 0 Å². The third kappa shape index (κ3) is 4.29. The molecule has 230 valence electrons. The predicted octanol–water partition coefficient (Wildman–Crippen LogP) is 12.5. The number of hydrogen-bond acceptors (Lipinski definition) is 1. The second-order valence-corrected chi connectivity index (χ2v) is 12.6. The molecular formula is C46H31N3. The van der Waals surface area contributed by atoms with Crippen LogP contribution in [0.3, 0.4) is 0 Å². The Morgan fingerprint density at radius 3 is 1.57 bits per heavy atom. The van der Waals surface area contributed by atoms with Crippen LogP contribution in [0.2, 0.25) is 0 Å². The van der Waals surface area contributed by atoms with E-state index >= 15 is 0 Å². The van der Waals surface area contributed by atoms with Crippen LogP contribution in [0.25, 0.3) is 65.8 Å². The molecular weight excluding hydrogens is 595 g/mol. The summed E-state index contributed by atoms with van der Waals surface area (Å²) >= 11 is 0. The molecule has 8 aromatic carbocycles. The fourth-order valence-corrected chi connectivity index (χ4v) is 7.73. The molecule has 3 heteroatoms. The van der Waals surface area contributed by atoms with Gasteiger partial charge in [0.15, 0.2) is 0 Å². The van der Waals surface area contributed by atoms with Gasteiger partial charge in [-0.1, -0.05) is 115 Å². The lowest BCUT2D eigenvalue weighted by Gasteiger charge is -2.26. The molecule has 0 aliphatic heterocycles. The van der Waals surface area contributed by atoms with Crippen LogP contribution in [0.1, 0.15) is 0 Å². The maximum atomic E-state index is 2.42. The second-order valence-electron chi connectivity index (χ2n) is 12.6. The van der Waals surface area contributed by atoms with Crippen LogP contribution in [0, 0.1) is 0 Å². The Morgan fingerprint density at radius 1 is 0.306 bits per heavy atom. The molecule has 0 unspecified atom stereocenters. The van der Waals surface area contributed by atoms with Gasteiger partial charge in [0.2, 0.25) is 0 Å². The summed E-state index contributed by atoms with van der Waals surface area (Å²) in [6, 6.07) is 67.9. The van der Waals surface area contributed by atoms with E-state index in [4.69, 9.17) is 0 Å². The van der Waals surface area contributed by atoms with Crippen molar-refractivity contribution in [2.24, 2.45) is 0 Å². The summed E-state index contributed by atoms with van der Waals surface area (Å²) in [7, 11) is 0. The number of anilines is 3. The Kier molecular flexibility index (Phi) is 6.18. The average Bonchev–Trinajstić information content (AvgIpc) is 3.69. The molecule has 0 N–H and O–H groups in total. The van der Waals surface area contributed by atoms with Crippen LogP contribution >= 0.6 is 0 Å². The van der Waals surface area contributed by atoms with Crippen molar-refractivity contribution in [2.45, 2.75) is 0 Å². The third-order valence-corrected chi connectivity index (χ3v) is 9.87. The van der Waals surface area contributed by atoms with Crippen molar-refractivity contribution < 1.29 is 0 Å². The molecule has 0 radical (unpaired) electrons. The van der Waals surface area contributed by atoms with Crippen molar-refractivity contribution in [3.63, 3.8) is 0 Å². The number of nitrogens with zero attached hydrogens (tertiary/aromatic N) is 3. The van der Waals surface area contributed by atoms with Gasteiger partial charge in [-0.25, -0.2) is 0 Å². The van der Waals surface area contributed by atoms with Gasteiger partial charge in [-0.3, -0.25) is 0 Å². The van der Waals surface area contributed by atoms with E-state index in [0.717, 1.165) is 28.4 Å². The summed E-state index contributed by atoms with van der Waals surface area (Å²) in [4.78, 5) is 2.36. The van der Waals surface area contributed by atoms with Crippen molar-refractivity contribution in [1.29, 1.82) is 0 Å². The van der Waals surface area contributed by atoms with Gasteiger partial charge in [-0.2, -0.15) is 0 Å². The minimum absolute atomic E-state index is 1.10. The monoisotopic (exact) mass is 625 g/mol. The maximum absolute atomic E-state index is 2.42. The summed E-state index contributed by atoms with van der Waals surface area (Å²) in [6.45, 7) is 0. The summed E-state index contributed by atoms with van der Waals surface area (Å²) in [6.07, 6.45) is 0. The van der Waals surface area contributed by atoms with Crippen LogP contribution in [0.15, 0.2) is 188 Å². The van der Waals surface area contributed by atoms with E-state index in [1.165, 1.54) is 54.4 Å². The van der Waals surface area contributed by atoms with Crippen molar-refractivity contribution in [3.05, 3.63) is 188 Å². The van der Waals surface area contributed by atoms with Crippen LogP contribution in [0.4, 0.5) is 17.1 Å². The second kappa shape index (κ2) is 11.0. The van der Waals surface area contributed by atoms with E-state index < -0.39 is 0 Å². The van der Waals surface area contributed by atoms with E-state index in [0.29, 0.717) is 0 Å². The first kappa shape index (κ1) is 27.5. The molecule has 10 aromatic rings. The highest BCUT2D eigenvalue weighted by Gasteiger charge is 2.19. The van der Waals surface area contributed by atoms with Gasteiger partial charge in [0.05, 0.1) is 22.1 Å². The molecule has 3 nitrogen and oxygen atoms in total. The average molecular weight is 626 g/mol. The lowest BCUT2D eigenvalue weighted by Crippen LogP contribution is -2.10. The smallest absolute Gasteiger partial charge is 0.0619 e. The Balaban J connectivity index is 1.17. The van der Waals surface area contributed by atoms with E-state index in [1.807, 2.05) is 0 Å². The first-order chi connectivity index (χ1) is 24.3. The first-order valence-electron chi connectivity index (χ1n) is 16.8. The van der Waals surface area contributed by atoms with Crippen molar-refractivity contribution >= 4 is 71.4 Å². The van der Waals surface area contributed by atoms with Gasteiger partial charge in [-0.05, 0) is 78.2 Å². The number of para-hydroxylation sites is 4. The Labute approximate surface area is 284 Å². The van der Waals surface area contributed by atoms with Crippen molar-refractivity contribution in [3.8, 4) is 11.4 Å². The number of benzene rings is 8. The van der Waals surface area contributed by atoms with Gasteiger partial charge in [0.1, 0.15) is 0 Å². The predicted molar refractivity (Wildman–Crippen MR) is 207 cm³/mol. The van der Waals surface area contributed by atoms with Gasteiger partial charge < -0.3 is 14.0 Å². The lowest BCUT2D eigenvalue weighted by molar-refractivity contribution is 1.17. The van der Waals surface area contributed by atoms with Crippen LogP contribution in [-0.2, 0) is 0 Å². The molecule has 49 heavy (non-hydrogen) atoms. The number of fused-ring (bicyclic) bond motifs is 8. The minimum Gasteiger partial charge on any atom is -0.310 e. The first-order valence-corrected chi connectivity index (χ1v) is 16.8. The highest BCUT2D eigenvalue weighted by molar-refractivity contribution is 6.18. The third-order valence-electron chi connectivity index (χ3n) is 9.87. The van der Waals surface area contributed by atoms with Crippen molar-refractivity contribution in [1.82, 2.24) is 9.13 Å². The Hall–Kier alpha value is -6.58. The normalized spacial score (nSPS) is 11.7. The van der Waals surface area contributed by atoms with Gasteiger partial charge in [-0.15, -0.1) is 0 Å². The molecule has 0 saturated carbocycles. The van der Waals surface area contributed by atoms with Crippen LogP contribution in [0.5, 0.6) is 0 Å². The Morgan fingerprint density at radius 2 is 0.816 bits per heavy atom. The molecule has 0 bridgehead atoms. The molecule has 0 amide bonds. The minimum atomic E-state index is 1.10. The van der Waals surface area contributed by atoms with Crippen molar-refractivity contribution in [2.75, 3.05) is 4.90 Å². The molecule has 2 heterocycles. The quantitative estimate of drug-likeness (QED) is 0.185. The zero-order valence-electron chi connectivity index (χ0n) is 26.7. The summed E-state index contributed by atoms with van der Waals surface area (Å²) < 4.78 is 4.81. The summed E-state index contributed by atoms with van der Waals surface area (Å²) in [5.41, 5.74) is 10.4. The van der Waals surface area contributed by atoms with E-state index in [9.17, 15) is 0 Å². The molecule has 10 rings (SSSR count). The molecule has 0 aliphatic rings. The zero-order valence-corrected chi connectivity index (χ0v) is 26.7. The van der Waals surface area contributed by atoms with Gasteiger partial charge >= 0.3 is 0 Å². The molecule has 2 aromatic heterocycles. The zero-order chi connectivity index (χ0) is 32.3. The fraction of sp³-hybridized carbons (Fsp3) is 0. The topological polar surface area (TPSA) is 13.1 Å². The van der Waals surface area contributed by atoms with E-state index in [2.05, 4.69) is 202 Å². The molecule has 0 fully saturated rings. The standard InChI is InChI=1S/C46H31N3/c1-3-14-33(15-4-1)47(37-28-30-41-39-19-9-11-21-43(39)48(45(41)31-37)34-16-5-2-6-17-34)35-24-26-36(27-25-35)49-44-22-12-10-20-40(44)42-29-23-32-13-7-8-18-38(32)46(42)49/h1-31H. The largest absolute Gasteiger partial charge is 0.310 e. The highest BCUT2D eigenvalue weighted by Crippen LogP contribution is 2.41. The van der Waals surface area contributed by atoms with Crippen LogP contribution in [-0.4, -0.2) is 9.13 Å². The SMILES string of the molecule is c1ccc(N(c2ccc(-n3c4ccccc4c4ccc5ccccc5c43)cc2)c2ccc3c4ccccc4n(-c4ccccc4)c3c2)cc1. The lowest BCUT2D eigenvalue weighted by atomic mass is 10.1. The number of hydrogen-bond donors (Lipinski definition) is 0. The maximum Gasteiger partial charge on any atom is 0.0619 e. The Bertz CT molecular complexity index is 2810. The molecule has 0 spiro atoms. The highest BCUT2D eigenvalue weighted by atomic mass is 15.1. The summed E-state index contributed by atoms with van der Waals surface area (Å²) in [5.74, 6) is 0. The van der Waals surface area contributed by atoms with Crippen LogP contribution < -0.4 is 4.90 Å². The van der Waals surface area contributed by atoms with Gasteiger partial charge in [0, 0.05) is 55.4 Å². The fourth-order valence-electron chi connectivity index (χ4n) is 7.73. The molecule has 0 saturated heterocycles.